The summed E-state index contributed by atoms with van der Waals surface area (Å²) in [5, 5.41) is 1.17. The first kappa shape index (κ1) is 28.3. The molecular formula is C31H39N5S. The molecule has 0 atom stereocenters. The van der Waals surface area contributed by atoms with E-state index in [2.05, 4.69) is 90.7 Å². The molecular weight excluding hydrogens is 474 g/mol. The lowest BCUT2D eigenvalue weighted by Crippen LogP contribution is -2.06. The first-order valence-corrected chi connectivity index (χ1v) is 13.5. The third kappa shape index (κ3) is 7.16. The van der Waals surface area contributed by atoms with E-state index in [1.54, 1.807) is 17.5 Å². The predicted octanol–water partition coefficient (Wildman–Crippen LogP) is 8.79. The number of para-hydroxylation sites is 1. The van der Waals surface area contributed by atoms with Gasteiger partial charge in [0, 0.05) is 48.1 Å². The second-order valence-electron chi connectivity index (χ2n) is 10.0. The molecule has 2 aliphatic heterocycles. The lowest BCUT2D eigenvalue weighted by atomic mass is 10.0. The summed E-state index contributed by atoms with van der Waals surface area (Å²) in [7, 11) is 0. The van der Waals surface area contributed by atoms with Crippen LogP contribution in [0.1, 0.15) is 71.0 Å². The largest absolute Gasteiger partial charge is 0.257 e. The fourth-order valence-electron chi connectivity index (χ4n) is 3.90. The highest BCUT2D eigenvalue weighted by atomic mass is 32.1. The van der Waals surface area contributed by atoms with Crippen LogP contribution in [0.15, 0.2) is 70.9 Å². The number of nitrogens with zero attached hydrogens (tertiary/aromatic N) is 5. The number of thiazole rings is 1. The minimum Gasteiger partial charge on any atom is -0.257 e. The normalized spacial score (nSPS) is 13.2. The number of rotatable bonds is 3. The maximum absolute atomic E-state index is 4.57. The third-order valence-electron chi connectivity index (χ3n) is 6.13. The number of fused-ring (bicyclic) bond motifs is 3. The van der Waals surface area contributed by atoms with Crippen LogP contribution >= 0.6 is 11.3 Å². The summed E-state index contributed by atoms with van der Waals surface area (Å²) in [6, 6.07) is 16.4. The first-order valence-electron chi connectivity index (χ1n) is 12.7. The Morgan fingerprint density at radius 1 is 0.676 bits per heavy atom. The lowest BCUT2D eigenvalue weighted by Gasteiger charge is -2.01. The molecule has 4 aromatic rings. The van der Waals surface area contributed by atoms with Crippen LogP contribution in [0.4, 0.5) is 11.5 Å². The number of hydrogen-bond donors (Lipinski definition) is 0. The van der Waals surface area contributed by atoms with Crippen molar-refractivity contribution in [1.82, 2.24) is 15.0 Å². The minimum absolute atomic E-state index is 0. The second-order valence-corrected chi connectivity index (χ2v) is 11.0. The van der Waals surface area contributed by atoms with E-state index in [1.165, 1.54) is 33.2 Å². The Morgan fingerprint density at radius 2 is 1.30 bits per heavy atom. The van der Waals surface area contributed by atoms with Crippen molar-refractivity contribution < 1.29 is 0 Å². The number of benzene rings is 1. The molecule has 5 heterocycles. The molecule has 3 aromatic heterocycles. The fraction of sp³-hybridized carbons (Fsp3) is 0.387. The van der Waals surface area contributed by atoms with Gasteiger partial charge in [0.1, 0.15) is 10.3 Å². The van der Waals surface area contributed by atoms with E-state index in [0.717, 1.165) is 29.0 Å². The molecule has 194 valence electrons. The molecule has 0 amide bonds. The van der Waals surface area contributed by atoms with Crippen LogP contribution in [0.5, 0.6) is 0 Å². The Balaban J connectivity index is 0.000000152. The number of hydrogen-bond acceptors (Lipinski definition) is 6. The Morgan fingerprint density at radius 3 is 1.95 bits per heavy atom. The van der Waals surface area contributed by atoms with E-state index >= 15 is 0 Å². The van der Waals surface area contributed by atoms with Crippen molar-refractivity contribution in [1.29, 1.82) is 0 Å². The molecule has 0 bridgehead atoms. The first-order chi connectivity index (χ1) is 17.3. The summed E-state index contributed by atoms with van der Waals surface area (Å²) in [6.07, 6.45) is 5.64. The van der Waals surface area contributed by atoms with Gasteiger partial charge in [-0.25, -0.2) is 19.9 Å². The van der Waals surface area contributed by atoms with Crippen molar-refractivity contribution in [3.05, 3.63) is 77.1 Å². The Hall–Kier alpha value is -3.25. The van der Waals surface area contributed by atoms with Crippen LogP contribution < -0.4 is 0 Å². The molecule has 0 fully saturated rings. The van der Waals surface area contributed by atoms with Crippen LogP contribution in [0.25, 0.3) is 10.3 Å². The van der Waals surface area contributed by atoms with Gasteiger partial charge in [0.15, 0.2) is 5.82 Å². The maximum Gasteiger partial charge on any atom is 0.155 e. The van der Waals surface area contributed by atoms with Gasteiger partial charge >= 0.3 is 0 Å². The molecule has 0 spiro atoms. The van der Waals surface area contributed by atoms with Gasteiger partial charge in [-0.15, -0.1) is 0 Å². The van der Waals surface area contributed by atoms with Crippen molar-refractivity contribution in [2.45, 2.75) is 67.7 Å². The molecule has 6 heteroatoms. The molecule has 2 aliphatic rings. The van der Waals surface area contributed by atoms with E-state index in [9.17, 15) is 0 Å². The topological polar surface area (TPSA) is 63.4 Å². The van der Waals surface area contributed by atoms with Gasteiger partial charge < -0.3 is 0 Å². The van der Waals surface area contributed by atoms with Crippen molar-refractivity contribution in [3.63, 3.8) is 0 Å². The van der Waals surface area contributed by atoms with Crippen LogP contribution in [0.2, 0.25) is 0 Å². The van der Waals surface area contributed by atoms with E-state index in [-0.39, 0.29) is 7.43 Å². The third-order valence-corrected chi connectivity index (χ3v) is 7.41. The highest BCUT2D eigenvalue weighted by Gasteiger charge is 2.17. The summed E-state index contributed by atoms with van der Waals surface area (Å²) >= 11 is 1.68. The monoisotopic (exact) mass is 513 g/mol. The van der Waals surface area contributed by atoms with Crippen LogP contribution in [-0.2, 0) is 12.8 Å². The van der Waals surface area contributed by atoms with E-state index < -0.39 is 0 Å². The molecule has 0 saturated carbocycles. The summed E-state index contributed by atoms with van der Waals surface area (Å²) in [5.74, 6) is 2.54. The van der Waals surface area contributed by atoms with Crippen molar-refractivity contribution in [2.75, 3.05) is 0 Å². The van der Waals surface area contributed by atoms with Crippen LogP contribution in [0.3, 0.4) is 0 Å². The smallest absolute Gasteiger partial charge is 0.155 e. The van der Waals surface area contributed by atoms with Gasteiger partial charge in [0.2, 0.25) is 0 Å². The van der Waals surface area contributed by atoms with Gasteiger partial charge in [0.25, 0.3) is 0 Å². The quantitative estimate of drug-likeness (QED) is 0.275. The fourth-order valence-corrected chi connectivity index (χ4v) is 4.81. The average Bonchev–Trinajstić information content (AvgIpc) is 3.61. The molecule has 1 aromatic carbocycles. The molecule has 37 heavy (non-hydrogen) atoms. The Kier molecular flexibility index (Phi) is 9.81. The zero-order chi connectivity index (χ0) is 25.7. The van der Waals surface area contributed by atoms with Gasteiger partial charge in [-0.1, -0.05) is 84.6 Å². The van der Waals surface area contributed by atoms with Crippen LogP contribution in [-0.4, -0.2) is 26.4 Å². The molecule has 5 nitrogen and oxygen atoms in total. The van der Waals surface area contributed by atoms with Crippen molar-refractivity contribution >= 4 is 44.6 Å². The molecule has 0 unspecified atom stereocenters. The van der Waals surface area contributed by atoms with Crippen LogP contribution in [0, 0.1) is 11.8 Å². The van der Waals surface area contributed by atoms with Gasteiger partial charge in [-0.2, -0.15) is 0 Å². The van der Waals surface area contributed by atoms with E-state index in [0.29, 0.717) is 17.8 Å². The van der Waals surface area contributed by atoms with Gasteiger partial charge in [-0.3, -0.25) is 4.99 Å². The summed E-state index contributed by atoms with van der Waals surface area (Å²) in [4.78, 5) is 23.0. The highest BCUT2D eigenvalue weighted by molar-refractivity contribution is 7.18. The standard InChI is InChI=1S/C11H13N.C10H12N2.C9H10N2S.CH4/c1-8(2)11-7-9-5-3-4-6-10(9)12-11;1-7(2)9-6-8-4-3-5-11-10(8)12-9;1-6(2)8-11-7-4-3-5-10-9(7)12-8;/h3-6,8H,7H2,1-2H3;3-5,7H,6H2,1-2H3;3-6H,1-2H3;1H4. The van der Waals surface area contributed by atoms with Crippen molar-refractivity contribution in [2.24, 2.45) is 21.8 Å². The molecule has 0 saturated heterocycles. The average molecular weight is 514 g/mol. The summed E-state index contributed by atoms with van der Waals surface area (Å²) < 4.78 is 0. The minimum atomic E-state index is 0. The molecule has 0 radical (unpaired) electrons. The predicted molar refractivity (Wildman–Crippen MR) is 160 cm³/mol. The Bertz CT molecular complexity index is 1280. The molecule has 0 aliphatic carbocycles. The van der Waals surface area contributed by atoms with E-state index in [4.69, 9.17) is 0 Å². The number of aromatic nitrogens is 3. The van der Waals surface area contributed by atoms with Gasteiger partial charge in [-0.05, 0) is 41.7 Å². The van der Waals surface area contributed by atoms with Gasteiger partial charge in [0.05, 0.1) is 10.7 Å². The second kappa shape index (κ2) is 12.8. The Labute approximate surface area is 225 Å². The SMILES string of the molecule is C.CC(C)C1=Nc2ccccc2C1.CC(C)C1=Nc2ncccc2C1.CC(C)c1nc2cccnc2s1. The van der Waals surface area contributed by atoms with Crippen molar-refractivity contribution in [3.8, 4) is 0 Å². The highest BCUT2D eigenvalue weighted by Crippen LogP contribution is 2.28. The number of pyridine rings is 2. The maximum atomic E-state index is 4.57. The zero-order valence-corrected chi connectivity index (χ0v) is 22.9. The molecule has 0 N–H and O–H groups in total. The zero-order valence-electron chi connectivity index (χ0n) is 22.1. The summed E-state index contributed by atoms with van der Waals surface area (Å²) in [6.45, 7) is 13.0. The summed E-state index contributed by atoms with van der Waals surface area (Å²) in [5.41, 5.74) is 7.40. The lowest BCUT2D eigenvalue weighted by molar-refractivity contribution is 0.857. The van der Waals surface area contributed by atoms with E-state index in [1.807, 2.05) is 30.5 Å². The molecule has 6 rings (SSSR count). The number of aliphatic imine (C=N–C) groups is 2.